The van der Waals surface area contributed by atoms with Crippen molar-refractivity contribution in [2.24, 2.45) is 0 Å². The van der Waals surface area contributed by atoms with Gasteiger partial charge in [0.25, 0.3) is 0 Å². The summed E-state index contributed by atoms with van der Waals surface area (Å²) in [5.74, 6) is 0.0675. The molecule has 2 aromatic rings. The molecule has 2 atom stereocenters. The highest BCUT2D eigenvalue weighted by molar-refractivity contribution is 9.10. The highest BCUT2D eigenvalue weighted by atomic mass is 79.9. The van der Waals surface area contributed by atoms with Gasteiger partial charge in [0.05, 0.1) is 6.10 Å². The van der Waals surface area contributed by atoms with E-state index in [4.69, 9.17) is 4.74 Å². The fraction of sp³-hybridized carbons (Fsp3) is 0.250. The number of aliphatic hydroxyl groups excluding tert-OH is 1. The summed E-state index contributed by atoms with van der Waals surface area (Å²) in [6.07, 6.45) is -0.418. The third-order valence-corrected chi connectivity index (χ3v) is 4.48. The Hall–Kier alpha value is -1.39. The van der Waals surface area contributed by atoms with Crippen molar-refractivity contribution in [3.63, 3.8) is 0 Å². The summed E-state index contributed by atoms with van der Waals surface area (Å²) in [4.78, 5) is 0. The van der Waals surface area contributed by atoms with Gasteiger partial charge in [-0.1, -0.05) is 28.1 Å². The van der Waals surface area contributed by atoms with Gasteiger partial charge < -0.3 is 9.84 Å². The number of fused-ring (bicyclic) bond motifs is 1. The molecule has 2 nitrogen and oxygen atoms in total. The molecule has 3 rings (SSSR count). The molecule has 0 bridgehead atoms. The van der Waals surface area contributed by atoms with Gasteiger partial charge in [-0.05, 0) is 36.2 Å². The zero-order valence-electron chi connectivity index (χ0n) is 10.9. The second kappa shape index (κ2) is 5.19. The Bertz CT molecular complexity index is 657. The zero-order chi connectivity index (χ0) is 14.3. The molecule has 0 saturated heterocycles. The van der Waals surface area contributed by atoms with E-state index in [1.807, 2.05) is 25.1 Å². The van der Waals surface area contributed by atoms with Crippen LogP contribution in [0, 0.1) is 12.7 Å². The number of halogens is 2. The smallest absolute Gasteiger partial charge is 0.128 e. The van der Waals surface area contributed by atoms with Crippen LogP contribution in [0.15, 0.2) is 40.9 Å². The van der Waals surface area contributed by atoms with Crippen LogP contribution >= 0.6 is 15.9 Å². The molecule has 0 spiro atoms. The standard InChI is InChI=1S/C16H14BrFO2/c1-9-6-10(2-5-13(9)17)15-8-14(19)12-4-3-11(18)7-16(12)20-15/h2-7,14-15,19H,8H2,1H3/t14-,15?/m0/s1. The summed E-state index contributed by atoms with van der Waals surface area (Å²) >= 11 is 3.46. The molecule has 1 aliphatic rings. The molecule has 4 heteroatoms. The van der Waals surface area contributed by atoms with Crippen molar-refractivity contribution in [3.8, 4) is 5.75 Å². The average molecular weight is 337 g/mol. The van der Waals surface area contributed by atoms with Gasteiger partial charge in [-0.15, -0.1) is 0 Å². The van der Waals surface area contributed by atoms with Crippen LogP contribution in [-0.2, 0) is 0 Å². The van der Waals surface area contributed by atoms with Gasteiger partial charge in [-0.3, -0.25) is 0 Å². The van der Waals surface area contributed by atoms with Crippen LogP contribution in [0.2, 0.25) is 0 Å². The highest BCUT2D eigenvalue weighted by Crippen LogP contribution is 2.41. The van der Waals surface area contributed by atoms with Crippen molar-refractivity contribution >= 4 is 15.9 Å². The zero-order valence-corrected chi connectivity index (χ0v) is 12.5. The second-order valence-corrected chi connectivity index (χ2v) is 5.90. The van der Waals surface area contributed by atoms with Gasteiger partial charge in [0.1, 0.15) is 17.7 Å². The predicted molar refractivity (Wildman–Crippen MR) is 78.2 cm³/mol. The molecule has 0 aromatic heterocycles. The molecule has 0 saturated carbocycles. The maximum atomic E-state index is 13.3. The van der Waals surface area contributed by atoms with Crippen molar-refractivity contribution in [1.82, 2.24) is 0 Å². The number of aliphatic hydroxyl groups is 1. The summed E-state index contributed by atoms with van der Waals surface area (Å²) in [7, 11) is 0. The minimum atomic E-state index is -0.631. The number of benzene rings is 2. The molecule has 2 aromatic carbocycles. The summed E-state index contributed by atoms with van der Waals surface area (Å²) < 4.78 is 20.2. The third-order valence-electron chi connectivity index (χ3n) is 3.59. The molecule has 1 heterocycles. The Morgan fingerprint density at radius 3 is 2.80 bits per heavy atom. The van der Waals surface area contributed by atoms with E-state index in [9.17, 15) is 9.50 Å². The van der Waals surface area contributed by atoms with E-state index in [1.54, 1.807) is 6.07 Å². The number of hydrogen-bond acceptors (Lipinski definition) is 2. The van der Waals surface area contributed by atoms with E-state index >= 15 is 0 Å². The number of ether oxygens (including phenoxy) is 1. The van der Waals surface area contributed by atoms with Crippen LogP contribution in [-0.4, -0.2) is 5.11 Å². The topological polar surface area (TPSA) is 29.5 Å². The molecule has 0 radical (unpaired) electrons. The first-order valence-corrected chi connectivity index (χ1v) is 7.24. The van der Waals surface area contributed by atoms with E-state index in [-0.39, 0.29) is 11.9 Å². The number of aryl methyl sites for hydroxylation is 1. The van der Waals surface area contributed by atoms with Crippen molar-refractivity contribution in [2.75, 3.05) is 0 Å². The Labute approximate surface area is 125 Å². The van der Waals surface area contributed by atoms with Crippen molar-refractivity contribution in [3.05, 3.63) is 63.4 Å². The first-order chi connectivity index (χ1) is 9.54. The molecule has 104 valence electrons. The SMILES string of the molecule is Cc1cc(C2C[C@H](O)c3ccc(F)cc3O2)ccc1Br. The predicted octanol–water partition coefficient (Wildman–Crippen LogP) is 4.45. The molecule has 1 unspecified atom stereocenters. The molecule has 0 aliphatic carbocycles. The summed E-state index contributed by atoms with van der Waals surface area (Å²) in [6.45, 7) is 2.00. The molecule has 0 amide bonds. The van der Waals surface area contributed by atoms with Gasteiger partial charge in [-0.2, -0.15) is 0 Å². The maximum absolute atomic E-state index is 13.3. The first-order valence-electron chi connectivity index (χ1n) is 6.45. The van der Waals surface area contributed by atoms with Gasteiger partial charge in [0, 0.05) is 22.5 Å². The summed E-state index contributed by atoms with van der Waals surface area (Å²) in [5.41, 5.74) is 2.74. The van der Waals surface area contributed by atoms with Gasteiger partial charge in [0.15, 0.2) is 0 Å². The molecule has 1 aliphatic heterocycles. The second-order valence-electron chi connectivity index (χ2n) is 5.05. The Morgan fingerprint density at radius 1 is 1.25 bits per heavy atom. The number of hydrogen-bond donors (Lipinski definition) is 1. The van der Waals surface area contributed by atoms with Crippen LogP contribution in [0.5, 0.6) is 5.75 Å². The minimum absolute atomic E-state index is 0.258. The van der Waals surface area contributed by atoms with Crippen LogP contribution in [0.3, 0.4) is 0 Å². The van der Waals surface area contributed by atoms with Gasteiger partial charge in [-0.25, -0.2) is 4.39 Å². The van der Waals surface area contributed by atoms with Crippen molar-refractivity contribution < 1.29 is 14.2 Å². The van der Waals surface area contributed by atoms with E-state index in [2.05, 4.69) is 15.9 Å². The first kappa shape index (κ1) is 13.6. The Morgan fingerprint density at radius 2 is 2.05 bits per heavy atom. The van der Waals surface area contributed by atoms with E-state index < -0.39 is 6.10 Å². The normalized spacial score (nSPS) is 21.2. The lowest BCUT2D eigenvalue weighted by molar-refractivity contribution is 0.0653. The molecular formula is C16H14BrFO2. The highest BCUT2D eigenvalue weighted by Gasteiger charge is 2.28. The lowest BCUT2D eigenvalue weighted by Crippen LogP contribution is -2.19. The summed E-state index contributed by atoms with van der Waals surface area (Å²) in [6, 6.07) is 10.2. The Balaban J connectivity index is 1.96. The molecule has 1 N–H and O–H groups in total. The quantitative estimate of drug-likeness (QED) is 0.833. The monoisotopic (exact) mass is 336 g/mol. The van der Waals surface area contributed by atoms with Crippen molar-refractivity contribution in [1.29, 1.82) is 0 Å². The largest absolute Gasteiger partial charge is 0.485 e. The molecular weight excluding hydrogens is 323 g/mol. The van der Waals surface area contributed by atoms with E-state index in [1.165, 1.54) is 12.1 Å². The number of rotatable bonds is 1. The Kier molecular flexibility index (Phi) is 3.52. The van der Waals surface area contributed by atoms with Gasteiger partial charge in [0.2, 0.25) is 0 Å². The van der Waals surface area contributed by atoms with Crippen LogP contribution in [0.1, 0.15) is 35.3 Å². The van der Waals surface area contributed by atoms with Gasteiger partial charge >= 0.3 is 0 Å². The van der Waals surface area contributed by atoms with E-state index in [0.717, 1.165) is 15.6 Å². The lowest BCUT2D eigenvalue weighted by Gasteiger charge is -2.30. The minimum Gasteiger partial charge on any atom is -0.485 e. The fourth-order valence-electron chi connectivity index (χ4n) is 2.49. The van der Waals surface area contributed by atoms with Crippen LogP contribution in [0.25, 0.3) is 0 Å². The average Bonchev–Trinajstić information content (AvgIpc) is 2.41. The lowest BCUT2D eigenvalue weighted by atomic mass is 9.94. The van der Waals surface area contributed by atoms with Crippen LogP contribution < -0.4 is 4.74 Å². The maximum Gasteiger partial charge on any atom is 0.128 e. The molecule has 0 fully saturated rings. The fourth-order valence-corrected chi connectivity index (χ4v) is 2.74. The summed E-state index contributed by atoms with van der Waals surface area (Å²) in [5, 5.41) is 10.2. The third kappa shape index (κ3) is 2.45. The molecule has 20 heavy (non-hydrogen) atoms. The van der Waals surface area contributed by atoms with Crippen molar-refractivity contribution in [2.45, 2.75) is 25.6 Å². The van der Waals surface area contributed by atoms with E-state index in [0.29, 0.717) is 17.7 Å². The van der Waals surface area contributed by atoms with Crippen LogP contribution in [0.4, 0.5) is 4.39 Å².